The molecule has 0 saturated heterocycles. The summed E-state index contributed by atoms with van der Waals surface area (Å²) < 4.78 is 33.1. The zero-order valence-corrected chi connectivity index (χ0v) is 12.9. The Balaban J connectivity index is 1.49. The Morgan fingerprint density at radius 2 is 2.08 bits per heavy atom. The Labute approximate surface area is 138 Å². The van der Waals surface area contributed by atoms with Crippen molar-refractivity contribution in [1.29, 1.82) is 0 Å². The summed E-state index contributed by atoms with van der Waals surface area (Å²) in [6.45, 7) is 0. The largest absolute Gasteiger partial charge is 0.444 e. The maximum Gasteiger partial charge on any atom is 0.253 e. The van der Waals surface area contributed by atoms with Gasteiger partial charge in [0.15, 0.2) is 11.6 Å². The highest BCUT2D eigenvalue weighted by Crippen LogP contribution is 2.24. The number of halogens is 2. The molecule has 0 unspecified atom stereocenters. The lowest BCUT2D eigenvalue weighted by Gasteiger charge is -1.96. The lowest BCUT2D eigenvalue weighted by Crippen LogP contribution is -1.87. The van der Waals surface area contributed by atoms with Gasteiger partial charge in [-0.1, -0.05) is 11.8 Å². The van der Waals surface area contributed by atoms with Gasteiger partial charge >= 0.3 is 0 Å². The maximum absolute atomic E-state index is 13.3. The van der Waals surface area contributed by atoms with E-state index in [2.05, 4.69) is 20.1 Å². The van der Waals surface area contributed by atoms with Crippen LogP contribution < -0.4 is 0 Å². The molecule has 0 fully saturated rings. The van der Waals surface area contributed by atoms with Crippen molar-refractivity contribution >= 4 is 17.5 Å². The van der Waals surface area contributed by atoms with Gasteiger partial charge in [-0.05, 0) is 24.3 Å². The van der Waals surface area contributed by atoms with E-state index >= 15 is 0 Å². The van der Waals surface area contributed by atoms with Crippen molar-refractivity contribution in [3.8, 4) is 11.5 Å². The van der Waals surface area contributed by atoms with Crippen LogP contribution >= 0.6 is 11.8 Å². The summed E-state index contributed by atoms with van der Waals surface area (Å²) in [4.78, 5) is 12.6. The molecular weight excluding hydrogens is 336 g/mol. The first kappa shape index (κ1) is 14.8. The third kappa shape index (κ3) is 2.85. The van der Waals surface area contributed by atoms with Gasteiger partial charge in [0.05, 0.1) is 5.69 Å². The quantitative estimate of drug-likeness (QED) is 0.528. The van der Waals surface area contributed by atoms with Gasteiger partial charge in [-0.3, -0.25) is 0 Å². The molecule has 0 bridgehead atoms. The predicted octanol–water partition coefficient (Wildman–Crippen LogP) is 3.35. The van der Waals surface area contributed by atoms with Crippen molar-refractivity contribution < 1.29 is 13.2 Å². The van der Waals surface area contributed by atoms with E-state index in [-0.39, 0.29) is 5.89 Å². The molecule has 4 aromatic rings. The van der Waals surface area contributed by atoms with Crippen LogP contribution in [-0.4, -0.2) is 24.6 Å². The second kappa shape index (κ2) is 6.00. The molecule has 3 aromatic heterocycles. The monoisotopic (exact) mass is 345 g/mol. The number of nitrogens with zero attached hydrogens (tertiary/aromatic N) is 5. The summed E-state index contributed by atoms with van der Waals surface area (Å²) in [6, 6.07) is 5.27. The average Bonchev–Trinajstić information content (AvgIpc) is 3.21. The Hall–Kier alpha value is -2.81. The highest BCUT2D eigenvalue weighted by Gasteiger charge is 2.11. The Morgan fingerprint density at radius 3 is 2.92 bits per heavy atom. The van der Waals surface area contributed by atoms with Gasteiger partial charge in [0.2, 0.25) is 11.0 Å². The average molecular weight is 345 g/mol. The molecule has 0 aliphatic heterocycles. The van der Waals surface area contributed by atoms with Crippen molar-refractivity contribution in [1.82, 2.24) is 24.6 Å². The van der Waals surface area contributed by atoms with Gasteiger partial charge in [0, 0.05) is 23.7 Å². The second-order valence-electron chi connectivity index (χ2n) is 4.82. The van der Waals surface area contributed by atoms with Crippen LogP contribution in [0.3, 0.4) is 0 Å². The minimum atomic E-state index is -0.942. The zero-order valence-electron chi connectivity index (χ0n) is 12.1. The number of aromatic nitrogens is 5. The minimum Gasteiger partial charge on any atom is -0.444 e. The molecule has 0 spiro atoms. The van der Waals surface area contributed by atoms with E-state index in [9.17, 15) is 8.78 Å². The third-order valence-corrected chi connectivity index (χ3v) is 4.04. The second-order valence-corrected chi connectivity index (χ2v) is 5.76. The fourth-order valence-corrected chi connectivity index (χ4v) is 2.75. The first-order chi connectivity index (χ1) is 11.7. The van der Waals surface area contributed by atoms with Crippen LogP contribution in [-0.2, 0) is 5.75 Å². The fraction of sp³-hybridized carbons (Fsp3) is 0.0667. The summed E-state index contributed by atoms with van der Waals surface area (Å²) in [7, 11) is 0. The van der Waals surface area contributed by atoms with E-state index in [4.69, 9.17) is 4.42 Å². The van der Waals surface area contributed by atoms with Crippen molar-refractivity contribution in [2.45, 2.75) is 10.9 Å². The lowest BCUT2D eigenvalue weighted by atomic mass is 10.2. The summed E-state index contributed by atoms with van der Waals surface area (Å²) in [6.07, 6.45) is 4.87. The fourth-order valence-electron chi connectivity index (χ4n) is 2.05. The van der Waals surface area contributed by atoms with Gasteiger partial charge in [-0.2, -0.15) is 4.98 Å². The van der Waals surface area contributed by atoms with Gasteiger partial charge in [-0.15, -0.1) is 5.10 Å². The number of benzene rings is 1. The van der Waals surface area contributed by atoms with Crippen molar-refractivity contribution in [3.05, 3.63) is 60.3 Å². The number of thioether (sulfide) groups is 1. The van der Waals surface area contributed by atoms with Crippen molar-refractivity contribution in [2.75, 3.05) is 0 Å². The molecule has 0 aliphatic carbocycles. The number of fused-ring (bicyclic) bond motifs is 1. The van der Waals surface area contributed by atoms with Gasteiger partial charge < -0.3 is 4.42 Å². The molecule has 0 aliphatic rings. The van der Waals surface area contributed by atoms with E-state index in [0.29, 0.717) is 27.9 Å². The van der Waals surface area contributed by atoms with E-state index in [1.807, 2.05) is 0 Å². The molecule has 3 heterocycles. The van der Waals surface area contributed by atoms with E-state index in [1.54, 1.807) is 23.0 Å². The third-order valence-electron chi connectivity index (χ3n) is 3.16. The van der Waals surface area contributed by atoms with Crippen molar-refractivity contribution in [3.63, 3.8) is 0 Å². The number of rotatable bonds is 4. The standard InChI is InChI=1S/C15H9F2N5OS/c16-11-3-2-9(6-12(11)17)13-19-10(7-23-13)8-24-15-20-14-18-4-1-5-22(14)21-15/h1-7H,8H2. The summed E-state index contributed by atoms with van der Waals surface area (Å²) >= 11 is 1.37. The van der Waals surface area contributed by atoms with Gasteiger partial charge in [0.1, 0.15) is 6.26 Å². The molecular formula is C15H9F2N5OS. The van der Waals surface area contributed by atoms with Crippen LogP contribution in [0.1, 0.15) is 5.69 Å². The van der Waals surface area contributed by atoms with Crippen LogP contribution in [0, 0.1) is 11.6 Å². The summed E-state index contributed by atoms with van der Waals surface area (Å²) in [5.74, 6) is -0.628. The molecule has 0 radical (unpaired) electrons. The SMILES string of the molecule is Fc1ccc(-c2nc(CSc3nc4ncccn4n3)co2)cc1F. The molecule has 0 amide bonds. The number of oxazole rings is 1. The van der Waals surface area contributed by atoms with Crippen LogP contribution in [0.15, 0.2) is 52.5 Å². The Bertz CT molecular complexity index is 983. The van der Waals surface area contributed by atoms with Crippen molar-refractivity contribution in [2.24, 2.45) is 0 Å². The molecule has 4 rings (SSSR count). The van der Waals surface area contributed by atoms with Crippen LogP contribution in [0.2, 0.25) is 0 Å². The number of hydrogen-bond acceptors (Lipinski definition) is 6. The summed E-state index contributed by atoms with van der Waals surface area (Å²) in [5.41, 5.74) is 1.02. The van der Waals surface area contributed by atoms with E-state index in [1.165, 1.54) is 24.1 Å². The Kier molecular flexibility index (Phi) is 3.69. The zero-order chi connectivity index (χ0) is 16.5. The highest BCUT2D eigenvalue weighted by atomic mass is 32.2. The maximum atomic E-state index is 13.3. The smallest absolute Gasteiger partial charge is 0.253 e. The highest BCUT2D eigenvalue weighted by molar-refractivity contribution is 7.98. The molecule has 120 valence electrons. The van der Waals surface area contributed by atoms with Crippen LogP contribution in [0.5, 0.6) is 0 Å². The van der Waals surface area contributed by atoms with E-state index < -0.39 is 11.6 Å². The summed E-state index contributed by atoms with van der Waals surface area (Å²) in [5, 5.41) is 4.83. The molecule has 0 saturated carbocycles. The molecule has 0 N–H and O–H groups in total. The predicted molar refractivity (Wildman–Crippen MR) is 82.2 cm³/mol. The minimum absolute atomic E-state index is 0.231. The van der Waals surface area contributed by atoms with E-state index in [0.717, 1.165) is 12.1 Å². The molecule has 9 heteroatoms. The normalized spacial score (nSPS) is 11.2. The molecule has 24 heavy (non-hydrogen) atoms. The van der Waals surface area contributed by atoms with Gasteiger partial charge in [-0.25, -0.2) is 23.3 Å². The topological polar surface area (TPSA) is 69.1 Å². The first-order valence-electron chi connectivity index (χ1n) is 6.89. The number of hydrogen-bond donors (Lipinski definition) is 0. The molecule has 0 atom stereocenters. The van der Waals surface area contributed by atoms with Crippen LogP contribution in [0.25, 0.3) is 17.2 Å². The van der Waals surface area contributed by atoms with Crippen LogP contribution in [0.4, 0.5) is 8.78 Å². The molecule has 6 nitrogen and oxygen atoms in total. The van der Waals surface area contributed by atoms with Gasteiger partial charge in [0.25, 0.3) is 5.78 Å². The lowest BCUT2D eigenvalue weighted by molar-refractivity contribution is 0.507. The Morgan fingerprint density at radius 1 is 1.17 bits per heavy atom. The first-order valence-corrected chi connectivity index (χ1v) is 7.87. The molecule has 1 aromatic carbocycles.